The number of nitrogens with one attached hydrogen (secondary N) is 1. The van der Waals surface area contributed by atoms with E-state index in [-0.39, 0.29) is 23.1 Å². The minimum absolute atomic E-state index is 0.0599. The summed E-state index contributed by atoms with van der Waals surface area (Å²) < 4.78 is 44.5. The molecule has 1 amide bonds. The summed E-state index contributed by atoms with van der Waals surface area (Å²) >= 11 is 3.50. The molecular formula is C23H17BrF2N4O4. The number of alkyl halides is 2. The molecule has 0 aliphatic carbocycles. The van der Waals surface area contributed by atoms with Gasteiger partial charge in [-0.2, -0.15) is 5.10 Å². The van der Waals surface area contributed by atoms with E-state index in [9.17, 15) is 13.6 Å². The van der Waals surface area contributed by atoms with Crippen LogP contribution in [0.25, 0.3) is 33.8 Å². The lowest BCUT2D eigenvalue weighted by molar-refractivity contribution is -0.286. The van der Waals surface area contributed by atoms with Gasteiger partial charge in [-0.25, -0.2) is 4.98 Å². The SMILES string of the molecule is CNC(=O)c1cc(-c2ccc(Br)cc2-c2oc(C)nc2-c2ccc3c(c2)OC(F)(F)O3)n(C)n1. The number of hydrogen-bond donors (Lipinski definition) is 1. The number of amides is 1. The van der Waals surface area contributed by atoms with Gasteiger partial charge in [0.15, 0.2) is 28.8 Å². The molecule has 8 nitrogen and oxygen atoms in total. The first kappa shape index (κ1) is 22.1. The molecule has 11 heteroatoms. The molecule has 34 heavy (non-hydrogen) atoms. The number of ether oxygens (including phenoxy) is 2. The molecule has 0 radical (unpaired) electrons. The van der Waals surface area contributed by atoms with Gasteiger partial charge >= 0.3 is 6.29 Å². The Hall–Kier alpha value is -3.73. The second kappa shape index (κ2) is 7.94. The second-order valence-corrected chi connectivity index (χ2v) is 8.46. The average molecular weight is 531 g/mol. The number of nitrogens with zero attached hydrogens (tertiary/aromatic N) is 3. The Bertz CT molecular complexity index is 1450. The van der Waals surface area contributed by atoms with Crippen molar-refractivity contribution in [3.05, 3.63) is 58.5 Å². The number of carbonyl (C=O) groups is 1. The Kier molecular flexibility index (Phi) is 5.16. The number of fused-ring (bicyclic) bond motifs is 1. The summed E-state index contributed by atoms with van der Waals surface area (Å²) in [6, 6.07) is 11.7. The van der Waals surface area contributed by atoms with E-state index in [0.717, 1.165) is 10.0 Å². The number of aryl methyl sites for hydroxylation is 2. The van der Waals surface area contributed by atoms with Gasteiger partial charge in [0.1, 0.15) is 5.69 Å². The lowest BCUT2D eigenvalue weighted by Crippen LogP contribution is -2.25. The molecule has 1 aliphatic heterocycles. The molecule has 3 heterocycles. The highest BCUT2D eigenvalue weighted by molar-refractivity contribution is 9.10. The van der Waals surface area contributed by atoms with Crippen molar-refractivity contribution in [1.82, 2.24) is 20.1 Å². The van der Waals surface area contributed by atoms with Gasteiger partial charge in [-0.05, 0) is 36.4 Å². The van der Waals surface area contributed by atoms with Crippen LogP contribution in [0.4, 0.5) is 8.78 Å². The van der Waals surface area contributed by atoms with Crippen molar-refractivity contribution in [3.8, 4) is 45.3 Å². The lowest BCUT2D eigenvalue weighted by Gasteiger charge is -2.10. The molecule has 0 saturated carbocycles. The van der Waals surface area contributed by atoms with Crippen LogP contribution in [0.2, 0.25) is 0 Å². The maximum absolute atomic E-state index is 13.5. The minimum atomic E-state index is -3.72. The summed E-state index contributed by atoms with van der Waals surface area (Å²) in [6.07, 6.45) is -3.72. The summed E-state index contributed by atoms with van der Waals surface area (Å²) in [5.41, 5.74) is 3.28. The highest BCUT2D eigenvalue weighted by atomic mass is 79.9. The number of oxazole rings is 1. The number of rotatable bonds is 4. The molecule has 174 valence electrons. The molecule has 4 aromatic rings. The molecule has 1 N–H and O–H groups in total. The van der Waals surface area contributed by atoms with Crippen LogP contribution in [0.3, 0.4) is 0 Å². The number of halogens is 3. The number of benzene rings is 2. The Morgan fingerprint density at radius 2 is 1.85 bits per heavy atom. The molecule has 0 bridgehead atoms. The topological polar surface area (TPSA) is 91.4 Å². The molecule has 0 atom stereocenters. The maximum Gasteiger partial charge on any atom is 0.586 e. The van der Waals surface area contributed by atoms with Gasteiger partial charge in [-0.1, -0.05) is 22.0 Å². The zero-order valence-corrected chi connectivity index (χ0v) is 19.7. The molecule has 5 rings (SSSR count). The third-order valence-corrected chi connectivity index (χ3v) is 5.74. The summed E-state index contributed by atoms with van der Waals surface area (Å²) in [4.78, 5) is 16.6. The highest BCUT2D eigenvalue weighted by Gasteiger charge is 2.43. The van der Waals surface area contributed by atoms with Crippen molar-refractivity contribution < 1.29 is 27.5 Å². The fraction of sp³-hybridized carbons (Fsp3) is 0.174. The second-order valence-electron chi connectivity index (χ2n) is 7.55. The lowest BCUT2D eigenvalue weighted by atomic mass is 9.98. The minimum Gasteiger partial charge on any atom is -0.440 e. The average Bonchev–Trinajstić information content (AvgIpc) is 3.45. The van der Waals surface area contributed by atoms with E-state index in [1.54, 1.807) is 30.8 Å². The van der Waals surface area contributed by atoms with E-state index in [4.69, 9.17) is 4.42 Å². The Balaban J connectivity index is 1.66. The molecule has 2 aromatic heterocycles. The quantitative estimate of drug-likeness (QED) is 0.391. The normalized spacial score (nSPS) is 13.8. The Labute approximate surface area is 200 Å². The number of aromatic nitrogens is 3. The van der Waals surface area contributed by atoms with Gasteiger partial charge in [-0.3, -0.25) is 9.48 Å². The van der Waals surface area contributed by atoms with Gasteiger partial charge < -0.3 is 19.2 Å². The molecule has 0 saturated heterocycles. The molecular weight excluding hydrogens is 514 g/mol. The highest BCUT2D eigenvalue weighted by Crippen LogP contribution is 2.45. The van der Waals surface area contributed by atoms with Crippen molar-refractivity contribution in [2.24, 2.45) is 7.05 Å². The molecule has 0 spiro atoms. The van der Waals surface area contributed by atoms with Crippen LogP contribution in [0.15, 0.2) is 51.4 Å². The molecule has 0 unspecified atom stereocenters. The predicted octanol–water partition coefficient (Wildman–Crippen LogP) is 5.16. The first-order valence-corrected chi connectivity index (χ1v) is 10.9. The molecule has 0 fully saturated rings. The Morgan fingerprint density at radius 1 is 1.09 bits per heavy atom. The van der Waals surface area contributed by atoms with Crippen molar-refractivity contribution in [3.63, 3.8) is 0 Å². The van der Waals surface area contributed by atoms with Crippen molar-refractivity contribution in [2.45, 2.75) is 13.2 Å². The largest absolute Gasteiger partial charge is 0.586 e. The standard InChI is InChI=1S/C23H17BrF2N4O4/c1-11-28-20(12-4-7-18-19(8-12)34-23(25,26)33-18)21(32-11)15-9-13(24)5-6-14(15)17-10-16(22(31)27-2)29-30(17)3/h4-10H,1-3H3,(H,27,31). The monoisotopic (exact) mass is 530 g/mol. The smallest absolute Gasteiger partial charge is 0.440 e. The van der Waals surface area contributed by atoms with E-state index in [0.29, 0.717) is 34.2 Å². The van der Waals surface area contributed by atoms with Crippen LogP contribution in [0.5, 0.6) is 11.5 Å². The predicted molar refractivity (Wildman–Crippen MR) is 122 cm³/mol. The summed E-state index contributed by atoms with van der Waals surface area (Å²) in [7, 11) is 3.27. The van der Waals surface area contributed by atoms with Gasteiger partial charge in [0.05, 0.1) is 5.69 Å². The first-order chi connectivity index (χ1) is 16.1. The van der Waals surface area contributed by atoms with Crippen molar-refractivity contribution >= 4 is 21.8 Å². The van der Waals surface area contributed by atoms with Gasteiger partial charge in [0.25, 0.3) is 5.91 Å². The zero-order valence-electron chi connectivity index (χ0n) is 18.1. The third kappa shape index (κ3) is 3.81. The number of carbonyl (C=O) groups excluding carboxylic acids is 1. The van der Waals surface area contributed by atoms with Crippen LogP contribution in [-0.4, -0.2) is 34.0 Å². The van der Waals surface area contributed by atoms with Gasteiger partial charge in [-0.15, -0.1) is 8.78 Å². The van der Waals surface area contributed by atoms with Crippen LogP contribution >= 0.6 is 15.9 Å². The van der Waals surface area contributed by atoms with E-state index in [1.807, 2.05) is 18.2 Å². The van der Waals surface area contributed by atoms with Crippen molar-refractivity contribution in [2.75, 3.05) is 7.05 Å². The fourth-order valence-electron chi connectivity index (χ4n) is 3.79. The van der Waals surface area contributed by atoms with E-state index in [1.165, 1.54) is 19.2 Å². The van der Waals surface area contributed by atoms with Gasteiger partial charge in [0.2, 0.25) is 0 Å². The first-order valence-electron chi connectivity index (χ1n) is 10.1. The van der Waals surface area contributed by atoms with E-state index >= 15 is 0 Å². The fourth-order valence-corrected chi connectivity index (χ4v) is 4.15. The summed E-state index contributed by atoms with van der Waals surface area (Å²) in [5, 5.41) is 6.86. The van der Waals surface area contributed by atoms with Crippen LogP contribution < -0.4 is 14.8 Å². The van der Waals surface area contributed by atoms with E-state index in [2.05, 4.69) is 40.8 Å². The van der Waals surface area contributed by atoms with Crippen LogP contribution in [0.1, 0.15) is 16.4 Å². The number of hydrogen-bond acceptors (Lipinski definition) is 6. The van der Waals surface area contributed by atoms with Gasteiger partial charge in [0, 0.05) is 42.2 Å². The molecule has 2 aromatic carbocycles. The zero-order chi connectivity index (χ0) is 24.2. The third-order valence-electron chi connectivity index (χ3n) is 5.25. The summed E-state index contributed by atoms with van der Waals surface area (Å²) in [5.74, 6) is 0.340. The van der Waals surface area contributed by atoms with Crippen LogP contribution in [-0.2, 0) is 7.05 Å². The Morgan fingerprint density at radius 3 is 2.62 bits per heavy atom. The maximum atomic E-state index is 13.5. The van der Waals surface area contributed by atoms with Crippen LogP contribution in [0, 0.1) is 6.92 Å². The van der Waals surface area contributed by atoms with E-state index < -0.39 is 6.29 Å². The molecule has 1 aliphatic rings. The summed E-state index contributed by atoms with van der Waals surface area (Å²) in [6.45, 7) is 1.69. The van der Waals surface area contributed by atoms with Crippen molar-refractivity contribution in [1.29, 1.82) is 0 Å².